The number of ketones is 2. The van der Waals surface area contributed by atoms with E-state index in [1.807, 2.05) is 13.8 Å². The van der Waals surface area contributed by atoms with Crippen LogP contribution in [0.5, 0.6) is 23.0 Å². The smallest absolute Gasteiger partial charge is 0.347 e. The van der Waals surface area contributed by atoms with Gasteiger partial charge in [0.2, 0.25) is 0 Å². The second kappa shape index (κ2) is 15.5. The molecule has 2 aromatic rings. The zero-order valence-corrected chi connectivity index (χ0v) is 23.1. The summed E-state index contributed by atoms with van der Waals surface area (Å²) in [4.78, 5) is 50.4. The second-order valence-corrected chi connectivity index (χ2v) is 9.38. The summed E-state index contributed by atoms with van der Waals surface area (Å²) in [6, 6.07) is 5.30. The molecule has 9 nitrogen and oxygen atoms in total. The van der Waals surface area contributed by atoms with Gasteiger partial charge in [0.1, 0.15) is 45.7 Å². The molecule has 0 radical (unpaired) electrons. The van der Waals surface area contributed by atoms with Crippen LogP contribution < -0.4 is 14.2 Å². The Morgan fingerprint density at radius 3 is 1.74 bits per heavy atom. The molecule has 0 aliphatic heterocycles. The molecular formula is C30H38O9. The molecule has 0 fully saturated rings. The van der Waals surface area contributed by atoms with Gasteiger partial charge in [0.05, 0.1) is 14.2 Å². The molecule has 0 aliphatic rings. The fraction of sp³-hybridized carbons (Fsp3) is 0.467. The van der Waals surface area contributed by atoms with E-state index in [-0.39, 0.29) is 63.9 Å². The molecular weight excluding hydrogens is 504 g/mol. The van der Waals surface area contributed by atoms with Gasteiger partial charge < -0.3 is 24.4 Å². The molecule has 0 unspecified atom stereocenters. The molecule has 2 aromatic carbocycles. The minimum absolute atomic E-state index is 0.0614. The molecule has 0 heterocycles. The Balaban J connectivity index is 2.42. The van der Waals surface area contributed by atoms with Gasteiger partial charge in [0.25, 0.3) is 0 Å². The maximum Gasteiger partial charge on any atom is 0.347 e. The number of esters is 1. The molecule has 0 bridgehead atoms. The highest BCUT2D eigenvalue weighted by Crippen LogP contribution is 2.33. The van der Waals surface area contributed by atoms with Crippen LogP contribution in [0.2, 0.25) is 0 Å². The van der Waals surface area contributed by atoms with Crippen molar-refractivity contribution >= 4 is 23.5 Å². The largest absolute Gasteiger partial charge is 0.507 e. The summed E-state index contributed by atoms with van der Waals surface area (Å²) >= 11 is 0. The van der Waals surface area contributed by atoms with Crippen LogP contribution in [0.3, 0.4) is 0 Å². The van der Waals surface area contributed by atoms with Gasteiger partial charge in [0, 0.05) is 37.8 Å². The Kier molecular flexibility index (Phi) is 12.5. The van der Waals surface area contributed by atoms with Crippen LogP contribution >= 0.6 is 0 Å². The number of rotatable bonds is 17. The highest BCUT2D eigenvalue weighted by molar-refractivity contribution is 5.98. The summed E-state index contributed by atoms with van der Waals surface area (Å²) in [6.07, 6.45) is 5.48. The molecule has 0 aliphatic carbocycles. The fourth-order valence-corrected chi connectivity index (χ4v) is 4.30. The van der Waals surface area contributed by atoms with Crippen LogP contribution in [0.15, 0.2) is 24.3 Å². The van der Waals surface area contributed by atoms with Crippen molar-refractivity contribution < 1.29 is 43.6 Å². The van der Waals surface area contributed by atoms with Gasteiger partial charge in [-0.05, 0) is 36.1 Å². The molecule has 2 N–H and O–H groups in total. The van der Waals surface area contributed by atoms with Gasteiger partial charge in [-0.1, -0.05) is 39.5 Å². The van der Waals surface area contributed by atoms with E-state index in [4.69, 9.17) is 14.2 Å². The van der Waals surface area contributed by atoms with E-state index in [9.17, 15) is 29.4 Å². The van der Waals surface area contributed by atoms with Gasteiger partial charge >= 0.3 is 11.9 Å². The maximum atomic E-state index is 13.3. The Morgan fingerprint density at radius 1 is 0.718 bits per heavy atom. The van der Waals surface area contributed by atoms with E-state index in [1.165, 1.54) is 38.5 Å². The van der Waals surface area contributed by atoms with Gasteiger partial charge in [0.15, 0.2) is 0 Å². The van der Waals surface area contributed by atoms with Crippen molar-refractivity contribution in [1.82, 2.24) is 0 Å². The number of Topliss-reactive ketones (excluding diaryl/α,β-unsaturated/α-hetero) is 2. The Labute approximate surface area is 229 Å². The molecule has 0 saturated carbocycles. The van der Waals surface area contributed by atoms with Crippen LogP contribution in [0.25, 0.3) is 0 Å². The number of phenolic OH excluding ortho intramolecular Hbond substituents is 1. The molecule has 0 amide bonds. The molecule has 0 atom stereocenters. The molecule has 0 spiro atoms. The molecule has 0 aromatic heterocycles. The minimum Gasteiger partial charge on any atom is -0.507 e. The van der Waals surface area contributed by atoms with E-state index in [0.29, 0.717) is 19.3 Å². The van der Waals surface area contributed by atoms with Gasteiger partial charge in [-0.25, -0.2) is 9.59 Å². The van der Waals surface area contributed by atoms with Crippen molar-refractivity contribution in [3.8, 4) is 23.0 Å². The summed E-state index contributed by atoms with van der Waals surface area (Å²) in [6.45, 7) is 4.05. The topological polar surface area (TPSA) is 136 Å². The number of aromatic carboxylic acids is 1. The normalized spacial score (nSPS) is 10.7. The second-order valence-electron chi connectivity index (χ2n) is 9.38. The zero-order chi connectivity index (χ0) is 28.9. The van der Waals surface area contributed by atoms with Crippen molar-refractivity contribution in [2.24, 2.45) is 0 Å². The third-order valence-electron chi connectivity index (χ3n) is 6.31. The maximum absolute atomic E-state index is 13.3. The number of carbonyl (C=O) groups excluding carboxylic acids is 3. The fourth-order valence-electron chi connectivity index (χ4n) is 4.30. The number of carboxylic acid groups (broad SMARTS) is 1. The standard InChI is InChI=1S/C30H38O9/c1-5-7-9-11-21(31)13-19-15-23(37-3)17-25(33)27(19)30(36)39-24-16-20(14-22(32)12-10-8-6-2)28(29(34)35)26(18-24)38-4/h15-18,33H,5-14H2,1-4H3,(H,34,35). The summed E-state index contributed by atoms with van der Waals surface area (Å²) in [5, 5.41) is 20.4. The molecule has 212 valence electrons. The lowest BCUT2D eigenvalue weighted by Crippen LogP contribution is -2.16. The number of hydrogen-bond donors (Lipinski definition) is 2. The van der Waals surface area contributed by atoms with E-state index in [0.717, 1.165) is 32.1 Å². The first-order valence-electron chi connectivity index (χ1n) is 13.2. The number of benzene rings is 2. The number of unbranched alkanes of at least 4 members (excludes halogenated alkanes) is 4. The Bertz CT molecular complexity index is 1180. The lowest BCUT2D eigenvalue weighted by Gasteiger charge is -2.16. The minimum atomic E-state index is -1.28. The monoisotopic (exact) mass is 542 g/mol. The van der Waals surface area contributed by atoms with Crippen molar-refractivity contribution in [1.29, 1.82) is 0 Å². The van der Waals surface area contributed by atoms with Crippen molar-refractivity contribution in [2.45, 2.75) is 78.1 Å². The van der Waals surface area contributed by atoms with Crippen LogP contribution in [-0.4, -0.2) is 47.9 Å². The van der Waals surface area contributed by atoms with E-state index < -0.39 is 17.7 Å². The Hall–Kier alpha value is -3.88. The predicted molar refractivity (Wildman–Crippen MR) is 145 cm³/mol. The quantitative estimate of drug-likeness (QED) is 0.146. The molecule has 0 saturated heterocycles. The van der Waals surface area contributed by atoms with Crippen molar-refractivity contribution in [2.75, 3.05) is 14.2 Å². The van der Waals surface area contributed by atoms with E-state index in [1.54, 1.807) is 0 Å². The average Bonchev–Trinajstić information content (AvgIpc) is 2.87. The van der Waals surface area contributed by atoms with E-state index >= 15 is 0 Å². The summed E-state index contributed by atoms with van der Waals surface area (Å²) in [5.74, 6) is -2.75. The molecule has 39 heavy (non-hydrogen) atoms. The van der Waals surface area contributed by atoms with Crippen LogP contribution in [-0.2, 0) is 22.4 Å². The third kappa shape index (κ3) is 9.12. The highest BCUT2D eigenvalue weighted by atomic mass is 16.5. The number of methoxy groups -OCH3 is 2. The summed E-state index contributed by atoms with van der Waals surface area (Å²) < 4.78 is 16.0. The number of carboxylic acids is 1. The first-order valence-corrected chi connectivity index (χ1v) is 13.2. The molecule has 2 rings (SSSR count). The SMILES string of the molecule is CCCCCC(=O)Cc1cc(OC)cc(O)c1C(=O)Oc1cc(CC(=O)CCCCC)c(C(=O)O)c(OC)c1. The lowest BCUT2D eigenvalue weighted by molar-refractivity contribution is -0.119. The van der Waals surface area contributed by atoms with Gasteiger partial charge in [-0.15, -0.1) is 0 Å². The third-order valence-corrected chi connectivity index (χ3v) is 6.31. The predicted octanol–water partition coefficient (Wildman–Crippen LogP) is 5.71. The van der Waals surface area contributed by atoms with E-state index in [2.05, 4.69) is 0 Å². The van der Waals surface area contributed by atoms with Crippen molar-refractivity contribution in [3.63, 3.8) is 0 Å². The summed E-state index contributed by atoms with van der Waals surface area (Å²) in [5.41, 5.74) is 0.0140. The first-order chi connectivity index (χ1) is 18.6. The number of phenols is 1. The number of carbonyl (C=O) groups is 4. The van der Waals surface area contributed by atoms with Crippen LogP contribution in [0.1, 0.15) is 97.1 Å². The number of hydrogen-bond acceptors (Lipinski definition) is 8. The zero-order valence-electron chi connectivity index (χ0n) is 23.1. The van der Waals surface area contributed by atoms with Gasteiger partial charge in [-0.2, -0.15) is 0 Å². The highest BCUT2D eigenvalue weighted by Gasteiger charge is 2.25. The average molecular weight is 543 g/mol. The van der Waals surface area contributed by atoms with Crippen LogP contribution in [0, 0.1) is 0 Å². The number of aromatic hydroxyl groups is 1. The lowest BCUT2D eigenvalue weighted by atomic mass is 9.97. The van der Waals surface area contributed by atoms with Crippen LogP contribution in [0.4, 0.5) is 0 Å². The number of ether oxygens (including phenoxy) is 3. The summed E-state index contributed by atoms with van der Waals surface area (Å²) in [7, 11) is 2.68. The van der Waals surface area contributed by atoms with Gasteiger partial charge in [-0.3, -0.25) is 9.59 Å². The first kappa shape index (κ1) is 31.3. The Morgan fingerprint density at radius 2 is 1.26 bits per heavy atom. The van der Waals surface area contributed by atoms with Crippen molar-refractivity contribution in [3.05, 3.63) is 46.5 Å². The molecule has 9 heteroatoms.